The molecule has 0 radical (unpaired) electrons. The number of hydrogen-bond donors (Lipinski definition) is 0. The molecule has 0 unspecified atom stereocenters. The molecule has 10 heavy (non-hydrogen) atoms. The fraction of sp³-hybridized carbons (Fsp3) is 0.857. The van der Waals surface area contributed by atoms with E-state index >= 15 is 0 Å². The molecule has 1 heterocycles. The van der Waals surface area contributed by atoms with E-state index < -0.39 is 0 Å². The minimum atomic E-state index is -0.191. The molecule has 0 aromatic heterocycles. The molecule has 1 aliphatic heterocycles. The molecular weight excluding hydrogens is 132 g/mol. The van der Waals surface area contributed by atoms with E-state index in [0.717, 1.165) is 6.42 Å². The van der Waals surface area contributed by atoms with Crippen molar-refractivity contribution in [3.05, 3.63) is 0 Å². The number of fused-ring (bicyclic) bond motifs is 1. The lowest BCUT2D eigenvalue weighted by Gasteiger charge is -2.18. The predicted octanol–water partition coefficient (Wildman–Crippen LogP) is 0.337. The van der Waals surface area contributed by atoms with Gasteiger partial charge in [0.15, 0.2) is 0 Å². The summed E-state index contributed by atoms with van der Waals surface area (Å²) in [4.78, 5) is 10.3. The van der Waals surface area contributed by atoms with Gasteiger partial charge in [-0.2, -0.15) is 0 Å². The number of epoxide rings is 1. The van der Waals surface area contributed by atoms with E-state index in [1.165, 1.54) is 6.92 Å². The molecule has 0 bridgehead atoms. The van der Waals surface area contributed by atoms with Crippen molar-refractivity contribution in [3.63, 3.8) is 0 Å². The molecule has 1 saturated carbocycles. The van der Waals surface area contributed by atoms with E-state index in [4.69, 9.17) is 9.47 Å². The number of hydrogen-bond acceptors (Lipinski definition) is 3. The van der Waals surface area contributed by atoms with Crippen LogP contribution in [0.25, 0.3) is 0 Å². The van der Waals surface area contributed by atoms with Gasteiger partial charge in [0.1, 0.15) is 0 Å². The molecule has 2 fully saturated rings. The zero-order valence-corrected chi connectivity index (χ0v) is 5.87. The van der Waals surface area contributed by atoms with Crippen LogP contribution in [0.2, 0.25) is 0 Å². The van der Waals surface area contributed by atoms with Gasteiger partial charge in [0.2, 0.25) is 0 Å². The largest absolute Gasteiger partial charge is 0.465 e. The van der Waals surface area contributed by atoms with Crippen molar-refractivity contribution in [2.75, 3.05) is 6.61 Å². The standard InChI is InChI=1S/C7H10O3/c1-4(8)9-3-5-2-6-7(5)10-6/h5-7H,2-3H2,1H3/t5-,6-,7+/m1/s1. The molecular formula is C7H10O3. The Morgan fingerprint density at radius 3 is 3.00 bits per heavy atom. The smallest absolute Gasteiger partial charge is 0.302 e. The van der Waals surface area contributed by atoms with E-state index in [9.17, 15) is 4.79 Å². The Hall–Kier alpha value is -0.570. The molecule has 56 valence electrons. The lowest BCUT2D eigenvalue weighted by atomic mass is 9.86. The van der Waals surface area contributed by atoms with E-state index in [1.807, 2.05) is 0 Å². The zero-order valence-electron chi connectivity index (χ0n) is 5.87. The summed E-state index contributed by atoms with van der Waals surface area (Å²) >= 11 is 0. The number of ether oxygens (including phenoxy) is 2. The van der Waals surface area contributed by atoms with Crippen LogP contribution >= 0.6 is 0 Å². The highest BCUT2D eigenvalue weighted by atomic mass is 16.6. The normalized spacial score (nSPS) is 41.5. The quantitative estimate of drug-likeness (QED) is 0.412. The van der Waals surface area contributed by atoms with Gasteiger partial charge in [-0.3, -0.25) is 4.79 Å². The first-order chi connectivity index (χ1) is 4.77. The van der Waals surface area contributed by atoms with Gasteiger partial charge in [-0.15, -0.1) is 0 Å². The second kappa shape index (κ2) is 1.95. The minimum absolute atomic E-state index is 0.191. The summed E-state index contributed by atoms with van der Waals surface area (Å²) < 4.78 is 10.0. The number of rotatable bonds is 2. The van der Waals surface area contributed by atoms with Crippen LogP contribution in [0.5, 0.6) is 0 Å². The molecule has 3 atom stereocenters. The Morgan fingerprint density at radius 1 is 1.80 bits per heavy atom. The maximum Gasteiger partial charge on any atom is 0.302 e. The zero-order chi connectivity index (χ0) is 7.14. The van der Waals surface area contributed by atoms with Gasteiger partial charge in [-0.1, -0.05) is 0 Å². The van der Waals surface area contributed by atoms with Crippen LogP contribution < -0.4 is 0 Å². The summed E-state index contributed by atoms with van der Waals surface area (Å²) in [6.07, 6.45) is 2.03. The fourth-order valence-electron chi connectivity index (χ4n) is 1.38. The minimum Gasteiger partial charge on any atom is -0.465 e. The first kappa shape index (κ1) is 6.16. The molecule has 0 aromatic carbocycles. The van der Waals surface area contributed by atoms with Crippen LogP contribution in [0.3, 0.4) is 0 Å². The van der Waals surface area contributed by atoms with Crippen molar-refractivity contribution in [2.24, 2.45) is 5.92 Å². The summed E-state index contributed by atoms with van der Waals surface area (Å²) in [7, 11) is 0. The molecule has 1 aliphatic carbocycles. The number of carbonyl (C=O) groups excluding carboxylic acids is 1. The Labute approximate surface area is 59.3 Å². The van der Waals surface area contributed by atoms with Gasteiger partial charge in [-0.25, -0.2) is 0 Å². The van der Waals surface area contributed by atoms with Crippen molar-refractivity contribution in [2.45, 2.75) is 25.6 Å². The molecule has 2 rings (SSSR count). The second-order valence-electron chi connectivity index (χ2n) is 2.94. The van der Waals surface area contributed by atoms with E-state index in [0.29, 0.717) is 24.7 Å². The maximum atomic E-state index is 10.3. The molecule has 0 spiro atoms. The summed E-state index contributed by atoms with van der Waals surface area (Å²) in [5.74, 6) is 0.304. The van der Waals surface area contributed by atoms with E-state index in [-0.39, 0.29) is 5.97 Å². The molecule has 0 amide bonds. The first-order valence-corrected chi connectivity index (χ1v) is 3.56. The SMILES string of the molecule is CC(=O)OC[C@H]1C[C@H]2O[C@@H]12. The van der Waals surface area contributed by atoms with Gasteiger partial charge in [-0.05, 0) is 6.42 Å². The molecule has 3 heteroatoms. The lowest BCUT2D eigenvalue weighted by Crippen LogP contribution is -2.28. The Balaban J connectivity index is 1.67. The van der Waals surface area contributed by atoms with Crippen LogP contribution in [0, 0.1) is 5.92 Å². The Bertz CT molecular complexity index is 166. The molecule has 0 N–H and O–H groups in total. The Kier molecular flexibility index (Phi) is 1.20. The summed E-state index contributed by atoms with van der Waals surface area (Å²) in [6, 6.07) is 0. The average molecular weight is 142 g/mol. The van der Waals surface area contributed by atoms with Crippen molar-refractivity contribution in [3.8, 4) is 0 Å². The van der Waals surface area contributed by atoms with E-state index in [1.54, 1.807) is 0 Å². The molecule has 2 aliphatic rings. The van der Waals surface area contributed by atoms with Gasteiger partial charge in [0.25, 0.3) is 0 Å². The maximum absolute atomic E-state index is 10.3. The van der Waals surface area contributed by atoms with E-state index in [2.05, 4.69) is 0 Å². The van der Waals surface area contributed by atoms with Crippen molar-refractivity contribution >= 4 is 5.97 Å². The van der Waals surface area contributed by atoms with Crippen LogP contribution in [0.1, 0.15) is 13.3 Å². The van der Waals surface area contributed by atoms with Gasteiger partial charge < -0.3 is 9.47 Å². The Morgan fingerprint density at radius 2 is 2.60 bits per heavy atom. The van der Waals surface area contributed by atoms with Crippen LogP contribution in [-0.2, 0) is 14.3 Å². The highest BCUT2D eigenvalue weighted by Gasteiger charge is 2.56. The molecule has 0 aromatic rings. The third-order valence-corrected chi connectivity index (χ3v) is 2.12. The van der Waals surface area contributed by atoms with Crippen LogP contribution in [-0.4, -0.2) is 24.8 Å². The third-order valence-electron chi connectivity index (χ3n) is 2.12. The number of carbonyl (C=O) groups is 1. The van der Waals surface area contributed by atoms with Crippen LogP contribution in [0.15, 0.2) is 0 Å². The lowest BCUT2D eigenvalue weighted by molar-refractivity contribution is -0.142. The monoisotopic (exact) mass is 142 g/mol. The summed E-state index contributed by atoms with van der Waals surface area (Å²) in [6.45, 7) is 1.99. The summed E-state index contributed by atoms with van der Waals surface area (Å²) in [5, 5.41) is 0. The first-order valence-electron chi connectivity index (χ1n) is 3.56. The van der Waals surface area contributed by atoms with Gasteiger partial charge in [0, 0.05) is 12.8 Å². The topological polar surface area (TPSA) is 38.8 Å². The highest BCUT2D eigenvalue weighted by molar-refractivity contribution is 5.65. The van der Waals surface area contributed by atoms with Gasteiger partial charge >= 0.3 is 5.97 Å². The van der Waals surface area contributed by atoms with Crippen molar-refractivity contribution < 1.29 is 14.3 Å². The van der Waals surface area contributed by atoms with Crippen molar-refractivity contribution in [1.29, 1.82) is 0 Å². The average Bonchev–Trinajstić information content (AvgIpc) is 2.41. The number of esters is 1. The second-order valence-corrected chi connectivity index (χ2v) is 2.94. The predicted molar refractivity (Wildman–Crippen MR) is 33.4 cm³/mol. The molecule has 1 saturated heterocycles. The molecule has 3 nitrogen and oxygen atoms in total. The van der Waals surface area contributed by atoms with Gasteiger partial charge in [0.05, 0.1) is 18.8 Å². The summed E-state index contributed by atoms with van der Waals surface area (Å²) in [5.41, 5.74) is 0. The third kappa shape index (κ3) is 0.904. The van der Waals surface area contributed by atoms with Crippen molar-refractivity contribution in [1.82, 2.24) is 0 Å². The van der Waals surface area contributed by atoms with Crippen LogP contribution in [0.4, 0.5) is 0 Å². The fourth-order valence-corrected chi connectivity index (χ4v) is 1.38. The highest BCUT2D eigenvalue weighted by Crippen LogP contribution is 2.46.